The maximum absolute atomic E-state index is 12.6. The van der Waals surface area contributed by atoms with Crippen LogP contribution < -0.4 is 5.32 Å². The highest BCUT2D eigenvalue weighted by Gasteiger charge is 2.30. The summed E-state index contributed by atoms with van der Waals surface area (Å²) in [5.74, 6) is 0.0914. The summed E-state index contributed by atoms with van der Waals surface area (Å²) in [4.78, 5) is 16.6. The SMILES string of the molecule is O=C(CN1CCNCC1)N1CCN(S(=O)(=O)c2ccccc2)CC1. The molecule has 2 saturated heterocycles. The predicted octanol–water partition coefficient (Wildman–Crippen LogP) is -0.575. The number of sulfonamides is 1. The number of carbonyl (C=O) groups is 1. The number of hydrogen-bond donors (Lipinski definition) is 1. The second-order valence-electron chi connectivity index (χ2n) is 6.12. The highest BCUT2D eigenvalue weighted by molar-refractivity contribution is 7.89. The van der Waals surface area contributed by atoms with Gasteiger partial charge in [0.1, 0.15) is 0 Å². The van der Waals surface area contributed by atoms with Crippen molar-refractivity contribution >= 4 is 15.9 Å². The van der Waals surface area contributed by atoms with Gasteiger partial charge in [0.05, 0.1) is 11.4 Å². The molecule has 132 valence electrons. The van der Waals surface area contributed by atoms with Gasteiger partial charge in [0.15, 0.2) is 0 Å². The smallest absolute Gasteiger partial charge is 0.243 e. The molecular formula is C16H24N4O3S. The predicted molar refractivity (Wildman–Crippen MR) is 91.1 cm³/mol. The standard InChI is InChI=1S/C16H24N4O3S/c21-16(14-18-8-6-17-7-9-18)19-10-12-20(13-11-19)24(22,23)15-4-2-1-3-5-15/h1-5,17H,6-14H2. The highest BCUT2D eigenvalue weighted by atomic mass is 32.2. The summed E-state index contributed by atoms with van der Waals surface area (Å²) in [7, 11) is -3.46. The van der Waals surface area contributed by atoms with Crippen LogP contribution in [0, 0.1) is 0 Å². The van der Waals surface area contributed by atoms with Gasteiger partial charge in [-0.15, -0.1) is 0 Å². The van der Waals surface area contributed by atoms with Crippen LogP contribution in [0.15, 0.2) is 35.2 Å². The van der Waals surface area contributed by atoms with Gasteiger partial charge in [0, 0.05) is 52.4 Å². The fourth-order valence-electron chi connectivity index (χ4n) is 3.08. The quantitative estimate of drug-likeness (QED) is 0.785. The van der Waals surface area contributed by atoms with Crippen molar-refractivity contribution in [1.29, 1.82) is 0 Å². The van der Waals surface area contributed by atoms with E-state index < -0.39 is 10.0 Å². The molecule has 2 aliphatic rings. The summed E-state index contributed by atoms with van der Waals surface area (Å²) >= 11 is 0. The van der Waals surface area contributed by atoms with Crippen LogP contribution in [0.2, 0.25) is 0 Å². The molecule has 0 saturated carbocycles. The summed E-state index contributed by atoms with van der Waals surface area (Å²) in [6.07, 6.45) is 0. The van der Waals surface area contributed by atoms with Crippen molar-refractivity contribution in [1.82, 2.24) is 19.4 Å². The van der Waals surface area contributed by atoms with E-state index in [1.54, 1.807) is 35.2 Å². The van der Waals surface area contributed by atoms with E-state index in [-0.39, 0.29) is 5.91 Å². The van der Waals surface area contributed by atoms with Gasteiger partial charge in [-0.2, -0.15) is 4.31 Å². The van der Waals surface area contributed by atoms with Crippen molar-refractivity contribution in [2.45, 2.75) is 4.90 Å². The molecule has 0 radical (unpaired) electrons. The van der Waals surface area contributed by atoms with Crippen LogP contribution in [0.3, 0.4) is 0 Å². The third-order valence-corrected chi connectivity index (χ3v) is 6.45. The van der Waals surface area contributed by atoms with Crippen molar-refractivity contribution in [3.8, 4) is 0 Å². The van der Waals surface area contributed by atoms with Gasteiger partial charge in [0.2, 0.25) is 15.9 Å². The summed E-state index contributed by atoms with van der Waals surface area (Å²) in [5, 5.41) is 3.27. The number of hydrogen-bond acceptors (Lipinski definition) is 5. The topological polar surface area (TPSA) is 73.0 Å². The van der Waals surface area contributed by atoms with Gasteiger partial charge in [0.25, 0.3) is 0 Å². The lowest BCUT2D eigenvalue weighted by Crippen LogP contribution is -2.54. The van der Waals surface area contributed by atoms with Crippen molar-refractivity contribution in [3.05, 3.63) is 30.3 Å². The zero-order valence-corrected chi connectivity index (χ0v) is 14.5. The Bertz CT molecular complexity index is 651. The minimum absolute atomic E-state index is 0.0914. The van der Waals surface area contributed by atoms with Crippen LogP contribution in [-0.4, -0.2) is 87.3 Å². The number of amides is 1. The van der Waals surface area contributed by atoms with Crippen molar-refractivity contribution in [2.24, 2.45) is 0 Å². The molecule has 1 aromatic carbocycles. The Morgan fingerprint density at radius 1 is 0.958 bits per heavy atom. The Morgan fingerprint density at radius 2 is 1.58 bits per heavy atom. The zero-order chi connectivity index (χ0) is 17.0. The lowest BCUT2D eigenvalue weighted by Gasteiger charge is -2.35. The first kappa shape index (κ1) is 17.3. The van der Waals surface area contributed by atoms with Crippen LogP contribution in [0.1, 0.15) is 0 Å². The Hall–Kier alpha value is -1.48. The molecule has 1 aromatic rings. The van der Waals surface area contributed by atoms with E-state index in [9.17, 15) is 13.2 Å². The number of nitrogens with zero attached hydrogens (tertiary/aromatic N) is 3. The largest absolute Gasteiger partial charge is 0.339 e. The van der Waals surface area contributed by atoms with Crippen LogP contribution in [0.25, 0.3) is 0 Å². The Morgan fingerprint density at radius 3 is 2.21 bits per heavy atom. The number of rotatable bonds is 4. The summed E-state index contributed by atoms with van der Waals surface area (Å²) in [5.41, 5.74) is 0. The molecule has 2 heterocycles. The van der Waals surface area contributed by atoms with E-state index in [0.717, 1.165) is 26.2 Å². The first-order chi connectivity index (χ1) is 11.6. The molecule has 1 N–H and O–H groups in total. The fourth-order valence-corrected chi connectivity index (χ4v) is 4.52. The van der Waals surface area contributed by atoms with Gasteiger partial charge in [-0.1, -0.05) is 18.2 Å². The molecule has 0 aromatic heterocycles. The molecule has 0 unspecified atom stereocenters. The number of carbonyl (C=O) groups excluding carboxylic acids is 1. The lowest BCUT2D eigenvalue weighted by atomic mass is 10.3. The molecule has 0 aliphatic carbocycles. The number of piperazine rings is 2. The first-order valence-electron chi connectivity index (χ1n) is 8.33. The maximum Gasteiger partial charge on any atom is 0.243 e. The summed E-state index contributed by atoms with van der Waals surface area (Å²) in [6, 6.07) is 8.46. The highest BCUT2D eigenvalue weighted by Crippen LogP contribution is 2.17. The maximum atomic E-state index is 12.6. The van der Waals surface area contributed by atoms with E-state index in [1.807, 2.05) is 0 Å². The van der Waals surface area contributed by atoms with Gasteiger partial charge in [-0.25, -0.2) is 8.42 Å². The molecule has 3 rings (SSSR count). The molecule has 2 aliphatic heterocycles. The number of nitrogens with one attached hydrogen (secondary N) is 1. The average molecular weight is 352 g/mol. The molecule has 0 atom stereocenters. The summed E-state index contributed by atoms with van der Waals surface area (Å²) in [6.45, 7) is 5.63. The van der Waals surface area contributed by atoms with Gasteiger partial charge in [-0.05, 0) is 12.1 Å². The average Bonchev–Trinajstić information content (AvgIpc) is 2.63. The van der Waals surface area contributed by atoms with Crippen LogP contribution >= 0.6 is 0 Å². The third-order valence-electron chi connectivity index (χ3n) is 4.54. The molecule has 0 bridgehead atoms. The molecule has 2 fully saturated rings. The van der Waals surface area contributed by atoms with Gasteiger partial charge < -0.3 is 10.2 Å². The second-order valence-corrected chi connectivity index (χ2v) is 8.06. The van der Waals surface area contributed by atoms with Crippen molar-refractivity contribution in [2.75, 3.05) is 58.9 Å². The molecular weight excluding hydrogens is 328 g/mol. The second kappa shape index (κ2) is 7.60. The van der Waals surface area contributed by atoms with Crippen molar-refractivity contribution < 1.29 is 13.2 Å². The normalized spacial score (nSPS) is 20.9. The monoisotopic (exact) mass is 352 g/mol. The van der Waals surface area contributed by atoms with Crippen molar-refractivity contribution in [3.63, 3.8) is 0 Å². The van der Waals surface area contributed by atoms with E-state index in [2.05, 4.69) is 10.2 Å². The first-order valence-corrected chi connectivity index (χ1v) is 9.77. The minimum Gasteiger partial charge on any atom is -0.339 e. The fraction of sp³-hybridized carbons (Fsp3) is 0.562. The van der Waals surface area contributed by atoms with E-state index in [4.69, 9.17) is 0 Å². The molecule has 8 heteroatoms. The molecule has 24 heavy (non-hydrogen) atoms. The summed E-state index contributed by atoms with van der Waals surface area (Å²) < 4.78 is 26.6. The van der Waals surface area contributed by atoms with E-state index in [0.29, 0.717) is 37.6 Å². The van der Waals surface area contributed by atoms with Gasteiger partial charge in [-0.3, -0.25) is 9.69 Å². The Balaban J connectivity index is 1.54. The van der Waals surface area contributed by atoms with E-state index >= 15 is 0 Å². The van der Waals surface area contributed by atoms with Crippen LogP contribution in [0.4, 0.5) is 0 Å². The Labute approximate surface area is 143 Å². The minimum atomic E-state index is -3.46. The molecule has 7 nitrogen and oxygen atoms in total. The zero-order valence-electron chi connectivity index (χ0n) is 13.7. The van der Waals surface area contributed by atoms with Crippen LogP contribution in [-0.2, 0) is 14.8 Å². The Kier molecular flexibility index (Phi) is 5.50. The molecule has 0 spiro atoms. The number of benzene rings is 1. The molecule has 1 amide bonds. The third kappa shape index (κ3) is 3.94. The van der Waals surface area contributed by atoms with Crippen LogP contribution in [0.5, 0.6) is 0 Å². The lowest BCUT2D eigenvalue weighted by molar-refractivity contribution is -0.133. The van der Waals surface area contributed by atoms with Gasteiger partial charge >= 0.3 is 0 Å². The van der Waals surface area contributed by atoms with E-state index in [1.165, 1.54) is 4.31 Å².